The van der Waals surface area contributed by atoms with Crippen molar-refractivity contribution in [2.45, 2.75) is 26.3 Å². The highest BCUT2D eigenvalue weighted by Crippen LogP contribution is 2.16. The summed E-state index contributed by atoms with van der Waals surface area (Å²) in [5, 5.41) is 6.78. The van der Waals surface area contributed by atoms with E-state index in [1.54, 1.807) is 6.07 Å². The Morgan fingerprint density at radius 2 is 2.11 bits per heavy atom. The molecule has 0 aliphatic carbocycles. The molecule has 18 heavy (non-hydrogen) atoms. The van der Waals surface area contributed by atoms with Gasteiger partial charge in [0.15, 0.2) is 5.82 Å². The van der Waals surface area contributed by atoms with Crippen molar-refractivity contribution in [2.75, 3.05) is 10.7 Å². The Bertz CT molecular complexity index is 497. The first-order chi connectivity index (χ1) is 8.69. The summed E-state index contributed by atoms with van der Waals surface area (Å²) in [7, 11) is 0. The molecule has 0 unspecified atom stereocenters. The molecule has 0 saturated carbocycles. The predicted molar refractivity (Wildman–Crippen MR) is 65.6 cm³/mol. The predicted octanol–water partition coefficient (Wildman–Crippen LogP) is 0.881. The lowest BCUT2D eigenvalue weighted by Gasteiger charge is -2.10. The average molecular weight is 249 g/mol. The number of hydrogen-bond acceptors (Lipinski definition) is 8. The zero-order valence-electron chi connectivity index (χ0n) is 10.2. The summed E-state index contributed by atoms with van der Waals surface area (Å²) >= 11 is 0. The normalized spacial score (nSPS) is 10.7. The first kappa shape index (κ1) is 12.2. The Hall–Kier alpha value is -2.22. The van der Waals surface area contributed by atoms with Gasteiger partial charge < -0.3 is 15.3 Å². The van der Waals surface area contributed by atoms with Crippen LogP contribution in [-0.2, 0) is 6.54 Å². The zero-order valence-corrected chi connectivity index (χ0v) is 10.2. The number of rotatable bonds is 5. The number of hydrogen-bond donors (Lipinski definition) is 3. The van der Waals surface area contributed by atoms with Crippen molar-refractivity contribution in [3.8, 4) is 0 Å². The van der Waals surface area contributed by atoms with Crippen molar-refractivity contribution in [3.63, 3.8) is 0 Å². The number of nitrogens with zero attached hydrogens (tertiary/aromatic N) is 4. The minimum Gasteiger partial charge on any atom is -0.362 e. The van der Waals surface area contributed by atoms with Gasteiger partial charge >= 0.3 is 0 Å². The summed E-state index contributed by atoms with van der Waals surface area (Å²) in [6.07, 6.45) is 1.28. The molecule has 0 aliphatic heterocycles. The second-order valence-corrected chi connectivity index (χ2v) is 4.00. The van der Waals surface area contributed by atoms with E-state index in [9.17, 15) is 0 Å². The van der Waals surface area contributed by atoms with Gasteiger partial charge in [0.2, 0.25) is 6.39 Å². The van der Waals surface area contributed by atoms with Crippen LogP contribution in [0, 0.1) is 0 Å². The van der Waals surface area contributed by atoms with Crippen molar-refractivity contribution < 1.29 is 4.52 Å². The van der Waals surface area contributed by atoms with Crippen molar-refractivity contribution in [1.82, 2.24) is 20.1 Å². The minimum absolute atomic E-state index is 0.212. The van der Waals surface area contributed by atoms with E-state index in [1.165, 1.54) is 6.39 Å². The van der Waals surface area contributed by atoms with Gasteiger partial charge in [-0.05, 0) is 0 Å². The Kier molecular flexibility index (Phi) is 3.68. The Balaban J connectivity index is 2.13. The molecular formula is C10H15N7O. The fourth-order valence-electron chi connectivity index (χ4n) is 1.33. The fraction of sp³-hybridized carbons (Fsp3) is 0.400. The Morgan fingerprint density at radius 3 is 2.72 bits per heavy atom. The summed E-state index contributed by atoms with van der Waals surface area (Å²) in [4.78, 5) is 12.5. The van der Waals surface area contributed by atoms with E-state index in [1.807, 2.05) is 13.8 Å². The fourth-order valence-corrected chi connectivity index (χ4v) is 1.33. The van der Waals surface area contributed by atoms with Crippen LogP contribution in [0.2, 0.25) is 0 Å². The van der Waals surface area contributed by atoms with Gasteiger partial charge in [-0.3, -0.25) is 0 Å². The van der Waals surface area contributed by atoms with Gasteiger partial charge in [-0.1, -0.05) is 19.0 Å². The zero-order chi connectivity index (χ0) is 13.0. The monoisotopic (exact) mass is 249 g/mol. The van der Waals surface area contributed by atoms with Gasteiger partial charge in [-0.2, -0.15) is 4.98 Å². The molecule has 4 N–H and O–H groups in total. The minimum atomic E-state index is 0.212. The number of nitrogens with two attached hydrogens (primary N) is 1. The summed E-state index contributed by atoms with van der Waals surface area (Å²) in [5.41, 5.74) is 2.51. The van der Waals surface area contributed by atoms with E-state index in [0.29, 0.717) is 29.8 Å². The maximum Gasteiger partial charge on any atom is 0.213 e. The molecule has 0 bridgehead atoms. The molecule has 8 heteroatoms. The molecule has 0 aliphatic rings. The van der Waals surface area contributed by atoms with E-state index in [4.69, 9.17) is 5.84 Å². The largest absolute Gasteiger partial charge is 0.362 e. The third-order valence-corrected chi connectivity index (χ3v) is 2.24. The van der Waals surface area contributed by atoms with Gasteiger partial charge in [-0.15, -0.1) is 0 Å². The molecule has 8 nitrogen and oxygen atoms in total. The number of hydrazine groups is 1. The number of aromatic nitrogens is 4. The molecule has 2 aromatic rings. The average Bonchev–Trinajstić information content (AvgIpc) is 2.89. The van der Waals surface area contributed by atoms with Gasteiger partial charge in [0, 0.05) is 12.0 Å². The van der Waals surface area contributed by atoms with Gasteiger partial charge in [0.05, 0.1) is 6.54 Å². The SMILES string of the molecule is CC(C)c1nc(NN)cc(NCc2ncon2)n1. The van der Waals surface area contributed by atoms with Crippen molar-refractivity contribution >= 4 is 11.6 Å². The van der Waals surface area contributed by atoms with Crippen LogP contribution in [0.5, 0.6) is 0 Å². The first-order valence-electron chi connectivity index (χ1n) is 5.53. The summed E-state index contributed by atoms with van der Waals surface area (Å²) in [6, 6.07) is 1.71. The number of nitrogens with one attached hydrogen (secondary N) is 2. The lowest BCUT2D eigenvalue weighted by Crippen LogP contribution is -2.13. The Labute approximate surface area is 104 Å². The van der Waals surface area contributed by atoms with Crippen LogP contribution >= 0.6 is 0 Å². The van der Waals surface area contributed by atoms with Crippen LogP contribution in [0.1, 0.15) is 31.4 Å². The lowest BCUT2D eigenvalue weighted by molar-refractivity contribution is 0.411. The molecule has 2 aromatic heterocycles. The topological polar surface area (TPSA) is 115 Å². The highest BCUT2D eigenvalue weighted by atomic mass is 16.5. The maximum atomic E-state index is 5.37. The second-order valence-electron chi connectivity index (χ2n) is 4.00. The van der Waals surface area contributed by atoms with Gasteiger partial charge in [0.25, 0.3) is 0 Å². The van der Waals surface area contributed by atoms with E-state index in [2.05, 4.69) is 35.4 Å². The molecule has 0 spiro atoms. The molecule has 0 amide bonds. The molecule has 0 fully saturated rings. The molecule has 0 aromatic carbocycles. The molecule has 2 heterocycles. The number of anilines is 2. The third kappa shape index (κ3) is 2.92. The highest BCUT2D eigenvalue weighted by Gasteiger charge is 2.08. The van der Waals surface area contributed by atoms with Gasteiger partial charge in [0.1, 0.15) is 17.5 Å². The smallest absolute Gasteiger partial charge is 0.213 e. The van der Waals surface area contributed by atoms with E-state index in [-0.39, 0.29) is 5.92 Å². The van der Waals surface area contributed by atoms with Crippen molar-refractivity contribution in [1.29, 1.82) is 0 Å². The van der Waals surface area contributed by atoms with Crippen LogP contribution in [-0.4, -0.2) is 20.1 Å². The molecule has 0 radical (unpaired) electrons. The maximum absolute atomic E-state index is 5.37. The molecule has 0 saturated heterocycles. The standard InChI is InChI=1S/C10H15N7O/c1-6(2)10-14-7(3-8(15-10)16-11)12-4-9-13-5-18-17-9/h3,5-6H,4,11H2,1-2H3,(H2,12,14,15,16). The first-order valence-corrected chi connectivity index (χ1v) is 5.53. The highest BCUT2D eigenvalue weighted by molar-refractivity contribution is 5.47. The number of nitrogen functional groups attached to an aromatic ring is 1. The van der Waals surface area contributed by atoms with E-state index < -0.39 is 0 Å². The third-order valence-electron chi connectivity index (χ3n) is 2.24. The van der Waals surface area contributed by atoms with E-state index >= 15 is 0 Å². The van der Waals surface area contributed by atoms with Crippen LogP contribution < -0.4 is 16.6 Å². The quantitative estimate of drug-likeness (QED) is 0.528. The van der Waals surface area contributed by atoms with Crippen molar-refractivity contribution in [2.24, 2.45) is 5.84 Å². The van der Waals surface area contributed by atoms with Crippen LogP contribution in [0.15, 0.2) is 17.0 Å². The second kappa shape index (κ2) is 5.41. The molecular weight excluding hydrogens is 234 g/mol. The van der Waals surface area contributed by atoms with Crippen LogP contribution in [0.4, 0.5) is 11.6 Å². The summed E-state index contributed by atoms with van der Waals surface area (Å²) < 4.78 is 4.64. The lowest BCUT2D eigenvalue weighted by atomic mass is 10.2. The van der Waals surface area contributed by atoms with Crippen LogP contribution in [0.25, 0.3) is 0 Å². The molecule has 0 atom stereocenters. The summed E-state index contributed by atoms with van der Waals surface area (Å²) in [5.74, 6) is 8.07. The Morgan fingerprint density at radius 1 is 1.33 bits per heavy atom. The van der Waals surface area contributed by atoms with Gasteiger partial charge in [-0.25, -0.2) is 15.8 Å². The summed E-state index contributed by atoms with van der Waals surface area (Å²) in [6.45, 7) is 4.45. The van der Waals surface area contributed by atoms with Crippen molar-refractivity contribution in [3.05, 3.63) is 24.1 Å². The van der Waals surface area contributed by atoms with E-state index in [0.717, 1.165) is 0 Å². The molecule has 2 rings (SSSR count). The molecule has 96 valence electrons. The van der Waals surface area contributed by atoms with Crippen LogP contribution in [0.3, 0.4) is 0 Å².